The molecule has 112 valence electrons. The van der Waals surface area contributed by atoms with Gasteiger partial charge < -0.3 is 20.3 Å². The van der Waals surface area contributed by atoms with Crippen molar-refractivity contribution in [3.8, 4) is 0 Å². The van der Waals surface area contributed by atoms with Crippen molar-refractivity contribution in [3.63, 3.8) is 0 Å². The molecule has 0 spiro atoms. The van der Waals surface area contributed by atoms with Gasteiger partial charge in [0.2, 0.25) is 0 Å². The Morgan fingerprint density at radius 2 is 1.89 bits per heavy atom. The molecule has 0 amide bonds. The van der Waals surface area contributed by atoms with Gasteiger partial charge in [-0.3, -0.25) is 0 Å². The minimum absolute atomic E-state index is 0.0556. The maximum atomic E-state index is 10.3. The second kappa shape index (κ2) is 6.53. The van der Waals surface area contributed by atoms with Crippen molar-refractivity contribution in [1.29, 1.82) is 0 Å². The first-order chi connectivity index (χ1) is 8.99. The fraction of sp³-hybridized carbons (Fsp3) is 1.00. The van der Waals surface area contributed by atoms with Crippen molar-refractivity contribution in [2.24, 2.45) is 11.7 Å². The molecule has 0 radical (unpaired) electrons. The minimum Gasteiger partial charge on any atom is -0.391 e. The van der Waals surface area contributed by atoms with Gasteiger partial charge >= 0.3 is 0 Å². The SMILES string of the molecule is CC1(C)OCO[C@H]1C[C@H](O)[C@@H](N)CC1CCCCC1. The van der Waals surface area contributed by atoms with Crippen LogP contribution in [0.3, 0.4) is 0 Å². The second-order valence-corrected chi connectivity index (χ2v) is 6.73. The Labute approximate surface area is 116 Å². The van der Waals surface area contributed by atoms with E-state index in [0.29, 0.717) is 19.1 Å². The van der Waals surface area contributed by atoms with E-state index in [1.54, 1.807) is 0 Å². The normalized spacial score (nSPS) is 31.3. The number of aliphatic hydroxyl groups excluding tert-OH is 1. The molecule has 1 aliphatic heterocycles. The average Bonchev–Trinajstić information content (AvgIpc) is 2.70. The van der Waals surface area contributed by atoms with E-state index in [-0.39, 0.29) is 17.7 Å². The van der Waals surface area contributed by atoms with Crippen molar-refractivity contribution in [1.82, 2.24) is 0 Å². The zero-order valence-electron chi connectivity index (χ0n) is 12.3. The van der Waals surface area contributed by atoms with E-state index in [4.69, 9.17) is 15.2 Å². The number of hydrogen-bond donors (Lipinski definition) is 2. The second-order valence-electron chi connectivity index (χ2n) is 6.73. The quantitative estimate of drug-likeness (QED) is 0.804. The Morgan fingerprint density at radius 1 is 1.21 bits per heavy atom. The molecular weight excluding hydrogens is 242 g/mol. The van der Waals surface area contributed by atoms with Crippen LogP contribution in [0.2, 0.25) is 0 Å². The highest BCUT2D eigenvalue weighted by molar-refractivity contribution is 4.88. The van der Waals surface area contributed by atoms with Gasteiger partial charge in [-0.15, -0.1) is 0 Å². The topological polar surface area (TPSA) is 64.7 Å². The first-order valence-corrected chi connectivity index (χ1v) is 7.68. The highest BCUT2D eigenvalue weighted by Crippen LogP contribution is 2.31. The summed E-state index contributed by atoms with van der Waals surface area (Å²) in [7, 11) is 0. The summed E-state index contributed by atoms with van der Waals surface area (Å²) in [6.07, 6.45) is 7.50. The molecule has 0 unspecified atom stereocenters. The van der Waals surface area contributed by atoms with Crippen molar-refractivity contribution in [2.75, 3.05) is 6.79 Å². The van der Waals surface area contributed by atoms with Gasteiger partial charge in [0.05, 0.1) is 17.8 Å². The van der Waals surface area contributed by atoms with Crippen molar-refractivity contribution in [2.45, 2.75) is 82.6 Å². The lowest BCUT2D eigenvalue weighted by atomic mass is 9.83. The van der Waals surface area contributed by atoms with Gasteiger partial charge in [-0.25, -0.2) is 0 Å². The Balaban J connectivity index is 1.76. The first-order valence-electron chi connectivity index (χ1n) is 7.68. The molecule has 3 N–H and O–H groups in total. The number of ether oxygens (including phenoxy) is 2. The summed E-state index contributed by atoms with van der Waals surface area (Å²) in [4.78, 5) is 0. The van der Waals surface area contributed by atoms with Crippen molar-refractivity contribution < 1.29 is 14.6 Å². The molecule has 0 bridgehead atoms. The van der Waals surface area contributed by atoms with Crippen LogP contribution < -0.4 is 5.73 Å². The number of hydrogen-bond acceptors (Lipinski definition) is 4. The smallest absolute Gasteiger partial charge is 0.148 e. The molecule has 1 saturated heterocycles. The highest BCUT2D eigenvalue weighted by Gasteiger charge is 2.39. The summed E-state index contributed by atoms with van der Waals surface area (Å²) in [6, 6.07) is -0.136. The van der Waals surface area contributed by atoms with Crippen LogP contribution in [0.4, 0.5) is 0 Å². The van der Waals surface area contributed by atoms with E-state index >= 15 is 0 Å². The Morgan fingerprint density at radius 3 is 2.47 bits per heavy atom. The van der Waals surface area contributed by atoms with E-state index in [0.717, 1.165) is 6.42 Å². The van der Waals surface area contributed by atoms with Crippen LogP contribution in [-0.2, 0) is 9.47 Å². The van der Waals surface area contributed by atoms with Gasteiger partial charge in [-0.05, 0) is 26.2 Å². The molecule has 2 aliphatic rings. The summed E-state index contributed by atoms with van der Waals surface area (Å²) in [5.41, 5.74) is 5.85. The molecule has 4 heteroatoms. The van der Waals surface area contributed by atoms with Gasteiger partial charge in [0.1, 0.15) is 6.79 Å². The van der Waals surface area contributed by atoms with Gasteiger partial charge in [-0.1, -0.05) is 32.1 Å². The van der Waals surface area contributed by atoms with E-state index < -0.39 is 6.10 Å². The molecular formula is C15H29NO3. The lowest BCUT2D eigenvalue weighted by Crippen LogP contribution is -2.43. The molecule has 2 rings (SSSR count). The highest BCUT2D eigenvalue weighted by atomic mass is 16.7. The third-order valence-electron chi connectivity index (χ3n) is 4.76. The van der Waals surface area contributed by atoms with Crippen molar-refractivity contribution in [3.05, 3.63) is 0 Å². The van der Waals surface area contributed by atoms with E-state index in [1.807, 2.05) is 13.8 Å². The Hall–Kier alpha value is -0.160. The number of aliphatic hydroxyl groups is 1. The molecule has 0 aromatic carbocycles. The summed E-state index contributed by atoms with van der Waals surface area (Å²) in [5, 5.41) is 10.3. The monoisotopic (exact) mass is 271 g/mol. The molecule has 2 fully saturated rings. The third kappa shape index (κ3) is 4.15. The molecule has 1 aliphatic carbocycles. The van der Waals surface area contributed by atoms with Gasteiger partial charge in [0.25, 0.3) is 0 Å². The largest absolute Gasteiger partial charge is 0.391 e. The summed E-state index contributed by atoms with van der Waals surface area (Å²) >= 11 is 0. The summed E-state index contributed by atoms with van der Waals surface area (Å²) in [6.45, 7) is 4.33. The molecule has 0 aromatic heterocycles. The summed E-state index contributed by atoms with van der Waals surface area (Å²) in [5.74, 6) is 0.701. The van der Waals surface area contributed by atoms with Crippen LogP contribution in [0.5, 0.6) is 0 Å². The van der Waals surface area contributed by atoms with Crippen LogP contribution in [0, 0.1) is 5.92 Å². The lowest BCUT2D eigenvalue weighted by molar-refractivity contribution is 0.0117. The zero-order valence-corrected chi connectivity index (χ0v) is 12.3. The number of nitrogens with two attached hydrogens (primary N) is 1. The first kappa shape index (κ1) is 15.2. The molecule has 1 heterocycles. The van der Waals surface area contributed by atoms with Gasteiger partial charge in [-0.2, -0.15) is 0 Å². The molecule has 4 nitrogen and oxygen atoms in total. The van der Waals surface area contributed by atoms with E-state index in [2.05, 4.69) is 0 Å². The van der Waals surface area contributed by atoms with E-state index in [1.165, 1.54) is 32.1 Å². The van der Waals surface area contributed by atoms with Crippen LogP contribution in [0.1, 0.15) is 58.8 Å². The fourth-order valence-electron chi connectivity index (χ4n) is 3.27. The van der Waals surface area contributed by atoms with Crippen molar-refractivity contribution >= 4 is 0 Å². The summed E-state index contributed by atoms with van der Waals surface area (Å²) < 4.78 is 11.1. The van der Waals surface area contributed by atoms with Crippen LogP contribution >= 0.6 is 0 Å². The predicted molar refractivity (Wildman–Crippen MR) is 74.7 cm³/mol. The Bertz CT molecular complexity index is 277. The lowest BCUT2D eigenvalue weighted by Gasteiger charge is -2.30. The van der Waals surface area contributed by atoms with Crippen LogP contribution in [-0.4, -0.2) is 35.8 Å². The third-order valence-corrected chi connectivity index (χ3v) is 4.76. The maximum absolute atomic E-state index is 10.3. The fourth-order valence-corrected chi connectivity index (χ4v) is 3.27. The average molecular weight is 271 g/mol. The maximum Gasteiger partial charge on any atom is 0.148 e. The minimum atomic E-state index is -0.493. The van der Waals surface area contributed by atoms with Crippen LogP contribution in [0.15, 0.2) is 0 Å². The zero-order chi connectivity index (χ0) is 13.9. The van der Waals surface area contributed by atoms with Gasteiger partial charge in [0.15, 0.2) is 0 Å². The molecule has 0 aromatic rings. The standard InChI is InChI=1S/C15H29NO3/c1-15(2)14(18-10-19-15)9-13(17)12(16)8-11-6-4-3-5-7-11/h11-14,17H,3-10,16H2,1-2H3/t12-,13-,14-/m0/s1. The van der Waals surface area contributed by atoms with Crippen LogP contribution in [0.25, 0.3) is 0 Å². The molecule has 19 heavy (non-hydrogen) atoms. The van der Waals surface area contributed by atoms with E-state index in [9.17, 15) is 5.11 Å². The predicted octanol–water partition coefficient (Wildman–Crippen LogP) is 2.19. The van der Waals surface area contributed by atoms with Gasteiger partial charge in [0, 0.05) is 12.5 Å². The molecule has 3 atom stereocenters. The molecule has 1 saturated carbocycles. The number of rotatable bonds is 5. The Kier molecular flexibility index (Phi) is 5.23.